The average Bonchev–Trinajstić information content (AvgIpc) is 3.33. The number of aryl methyl sites for hydroxylation is 1. The van der Waals surface area contributed by atoms with Crippen molar-refractivity contribution in [3.8, 4) is 0 Å². The van der Waals surface area contributed by atoms with Gasteiger partial charge in [0.25, 0.3) is 0 Å². The molecule has 0 amide bonds. The van der Waals surface area contributed by atoms with Gasteiger partial charge in [-0.3, -0.25) is 0 Å². The summed E-state index contributed by atoms with van der Waals surface area (Å²) in [6.07, 6.45) is 12.3. The van der Waals surface area contributed by atoms with Gasteiger partial charge in [-0.1, -0.05) is 86.1 Å². The van der Waals surface area contributed by atoms with Crippen LogP contribution in [0.15, 0.2) is 113 Å². The first-order valence-electron chi connectivity index (χ1n) is 15.9. The number of benzene rings is 4. The predicted octanol–water partition coefficient (Wildman–Crippen LogP) is 10.8. The van der Waals surface area contributed by atoms with Crippen LogP contribution in [0.25, 0.3) is 21.5 Å². The highest BCUT2D eigenvalue weighted by atomic mass is 35.5. The summed E-state index contributed by atoms with van der Waals surface area (Å²) in [6.45, 7) is 11.6. The molecule has 0 aromatic heterocycles. The molecule has 0 bridgehead atoms. The van der Waals surface area contributed by atoms with E-state index in [0.717, 1.165) is 24.3 Å². The van der Waals surface area contributed by atoms with Gasteiger partial charge in [0.15, 0.2) is 5.71 Å². The smallest absolute Gasteiger partial charge is 0.210 e. The summed E-state index contributed by atoms with van der Waals surface area (Å²) in [5.74, 6) is 0. The fraction of sp³-hybridized carbons (Fsp3) is 0.293. The van der Waals surface area contributed by atoms with E-state index in [-0.39, 0.29) is 10.8 Å². The van der Waals surface area contributed by atoms with Crippen LogP contribution in [-0.4, -0.2) is 24.4 Å². The van der Waals surface area contributed by atoms with Gasteiger partial charge < -0.3 is 4.90 Å². The molecule has 4 aromatic carbocycles. The highest BCUT2D eigenvalue weighted by Gasteiger charge is 2.44. The molecule has 44 heavy (non-hydrogen) atoms. The predicted molar refractivity (Wildman–Crippen MR) is 190 cm³/mol. The van der Waals surface area contributed by atoms with Crippen LogP contribution in [0.3, 0.4) is 0 Å². The normalized spacial score (nSPS) is 21.0. The average molecular weight is 598 g/mol. The summed E-state index contributed by atoms with van der Waals surface area (Å²) in [6, 6.07) is 24.5. The summed E-state index contributed by atoms with van der Waals surface area (Å²) >= 11 is 7.18. The monoisotopic (exact) mass is 597 g/mol. The molecular formula is C41H42ClN2+. The maximum atomic E-state index is 7.18. The van der Waals surface area contributed by atoms with E-state index in [1.54, 1.807) is 0 Å². The van der Waals surface area contributed by atoms with E-state index in [2.05, 4.69) is 149 Å². The zero-order chi connectivity index (χ0) is 31.0. The molecule has 0 saturated carbocycles. The number of rotatable bonds is 3. The van der Waals surface area contributed by atoms with E-state index >= 15 is 0 Å². The minimum absolute atomic E-state index is 0.109. The third-order valence-electron chi connectivity index (χ3n) is 10.5. The van der Waals surface area contributed by atoms with Gasteiger partial charge in [0.05, 0.1) is 5.41 Å². The Morgan fingerprint density at radius 1 is 0.773 bits per heavy atom. The number of hydrogen-bond donors (Lipinski definition) is 0. The van der Waals surface area contributed by atoms with Crippen molar-refractivity contribution in [2.75, 3.05) is 19.0 Å². The van der Waals surface area contributed by atoms with E-state index in [1.807, 2.05) is 0 Å². The van der Waals surface area contributed by atoms with Crippen LogP contribution in [0.5, 0.6) is 0 Å². The lowest BCUT2D eigenvalue weighted by molar-refractivity contribution is -0.401. The van der Waals surface area contributed by atoms with Gasteiger partial charge in [0, 0.05) is 46.6 Å². The van der Waals surface area contributed by atoms with E-state index in [0.29, 0.717) is 0 Å². The SMILES string of the molecule is Cc1cccc2c3c(ccc12)[N+](C)=C(/C=C/C1=C(Cl)C(=C/C=C2\N(C)c4ccc5ccccc5c4C2(C)C)/CCC1)C3(C)C. The molecule has 2 nitrogen and oxygen atoms in total. The van der Waals surface area contributed by atoms with Crippen LogP contribution in [0.1, 0.15) is 63.6 Å². The molecule has 0 radical (unpaired) electrons. The van der Waals surface area contributed by atoms with Crippen LogP contribution in [0.2, 0.25) is 0 Å². The van der Waals surface area contributed by atoms with Gasteiger partial charge in [-0.15, -0.1) is 0 Å². The van der Waals surface area contributed by atoms with Gasteiger partial charge in [0.1, 0.15) is 7.05 Å². The number of halogens is 1. The summed E-state index contributed by atoms with van der Waals surface area (Å²) in [4.78, 5) is 2.36. The summed E-state index contributed by atoms with van der Waals surface area (Å²) < 4.78 is 2.37. The maximum absolute atomic E-state index is 7.18. The van der Waals surface area contributed by atoms with Crippen LogP contribution >= 0.6 is 11.6 Å². The van der Waals surface area contributed by atoms with E-state index in [9.17, 15) is 0 Å². The Morgan fingerprint density at radius 3 is 2.36 bits per heavy atom. The molecule has 2 aliphatic heterocycles. The number of hydrogen-bond acceptors (Lipinski definition) is 1. The summed E-state index contributed by atoms with van der Waals surface area (Å²) in [7, 11) is 4.39. The molecule has 4 aromatic rings. The third kappa shape index (κ3) is 4.25. The van der Waals surface area contributed by atoms with Gasteiger partial charge >= 0.3 is 0 Å². The Morgan fingerprint density at radius 2 is 1.55 bits per heavy atom. The van der Waals surface area contributed by atoms with Crippen molar-refractivity contribution in [3.05, 3.63) is 130 Å². The van der Waals surface area contributed by atoms with Crippen molar-refractivity contribution in [3.63, 3.8) is 0 Å². The van der Waals surface area contributed by atoms with Gasteiger partial charge in [-0.05, 0) is 102 Å². The van der Waals surface area contributed by atoms with E-state index in [4.69, 9.17) is 11.6 Å². The molecule has 0 fully saturated rings. The largest absolute Gasteiger partial charge is 0.347 e. The molecule has 222 valence electrons. The first-order valence-corrected chi connectivity index (χ1v) is 16.3. The second-order valence-electron chi connectivity index (χ2n) is 13.8. The van der Waals surface area contributed by atoms with Crippen molar-refractivity contribution in [1.29, 1.82) is 0 Å². The minimum Gasteiger partial charge on any atom is -0.347 e. The quantitative estimate of drug-likeness (QED) is 0.213. The Balaban J connectivity index is 1.22. The number of nitrogens with zero attached hydrogens (tertiary/aromatic N) is 2. The molecule has 7 rings (SSSR count). The van der Waals surface area contributed by atoms with Crippen LogP contribution in [-0.2, 0) is 10.8 Å². The van der Waals surface area contributed by atoms with Gasteiger partial charge in [-0.2, -0.15) is 4.58 Å². The van der Waals surface area contributed by atoms with Crippen molar-refractivity contribution in [1.82, 2.24) is 0 Å². The molecule has 0 spiro atoms. The Kier molecular flexibility index (Phi) is 6.79. The molecule has 0 N–H and O–H groups in total. The van der Waals surface area contributed by atoms with Crippen LogP contribution in [0.4, 0.5) is 11.4 Å². The lowest BCUT2D eigenvalue weighted by Crippen LogP contribution is -2.27. The minimum atomic E-state index is -0.115. The van der Waals surface area contributed by atoms with Crippen molar-refractivity contribution in [2.45, 2.75) is 64.7 Å². The maximum Gasteiger partial charge on any atom is 0.210 e. The molecule has 3 aliphatic rings. The zero-order valence-electron chi connectivity index (χ0n) is 27.1. The fourth-order valence-electron chi connectivity index (χ4n) is 8.20. The van der Waals surface area contributed by atoms with Gasteiger partial charge in [0.2, 0.25) is 5.69 Å². The van der Waals surface area contributed by atoms with Crippen molar-refractivity contribution >= 4 is 50.2 Å². The number of allylic oxidation sites excluding steroid dienone is 8. The number of anilines is 1. The molecule has 0 atom stereocenters. The second kappa shape index (κ2) is 10.3. The lowest BCUT2D eigenvalue weighted by Gasteiger charge is -2.25. The number of fused-ring (bicyclic) bond motifs is 6. The highest BCUT2D eigenvalue weighted by molar-refractivity contribution is 6.32. The second-order valence-corrected chi connectivity index (χ2v) is 14.2. The first-order chi connectivity index (χ1) is 21.0. The summed E-state index contributed by atoms with van der Waals surface area (Å²) in [5, 5.41) is 6.23. The Hall–Kier alpha value is -3.88. The molecule has 0 saturated heterocycles. The standard InChI is InChI=1S/C41H42ClN2/c1-26-12-10-17-32-30(26)21-23-34-38(32)41(4,5)36(44(34)7)25-20-29-15-11-14-28(39(29)42)19-24-35-40(2,3)37-31-16-9-8-13-27(31)18-22-33(37)43(35)6/h8-10,12-13,16-25H,11,14-15H2,1-7H3/q+1. The summed E-state index contributed by atoms with van der Waals surface area (Å²) in [5.41, 5.74) is 11.6. The lowest BCUT2D eigenvalue weighted by atomic mass is 9.78. The van der Waals surface area contributed by atoms with E-state index in [1.165, 1.54) is 72.2 Å². The fourth-order valence-corrected chi connectivity index (χ4v) is 8.51. The van der Waals surface area contributed by atoms with Crippen LogP contribution in [0, 0.1) is 6.92 Å². The highest BCUT2D eigenvalue weighted by Crippen LogP contribution is 2.50. The van der Waals surface area contributed by atoms with Crippen LogP contribution < -0.4 is 4.90 Å². The van der Waals surface area contributed by atoms with E-state index < -0.39 is 0 Å². The van der Waals surface area contributed by atoms with Crippen molar-refractivity contribution in [2.24, 2.45) is 0 Å². The van der Waals surface area contributed by atoms with Crippen molar-refractivity contribution < 1.29 is 4.58 Å². The molecule has 2 heterocycles. The molecule has 3 heteroatoms. The molecule has 0 unspecified atom stereocenters. The molecule has 1 aliphatic carbocycles. The first kappa shape index (κ1) is 28.9. The number of likely N-dealkylation sites (N-methyl/N-ethyl adjacent to an activating group) is 1. The Bertz CT molecular complexity index is 2030. The topological polar surface area (TPSA) is 6.25 Å². The van der Waals surface area contributed by atoms with Gasteiger partial charge in [-0.25, -0.2) is 0 Å². The zero-order valence-corrected chi connectivity index (χ0v) is 27.8. The molecular weight excluding hydrogens is 556 g/mol. The third-order valence-corrected chi connectivity index (χ3v) is 11.0. The Labute approximate surface area is 267 Å².